The van der Waals surface area contributed by atoms with E-state index in [4.69, 9.17) is 11.5 Å². The van der Waals surface area contributed by atoms with Crippen molar-refractivity contribution in [3.05, 3.63) is 35.9 Å². The van der Waals surface area contributed by atoms with Crippen LogP contribution in [0.15, 0.2) is 30.3 Å². The third-order valence-electron chi connectivity index (χ3n) is 3.77. The summed E-state index contributed by atoms with van der Waals surface area (Å²) in [5.41, 5.74) is 12.7. The van der Waals surface area contributed by atoms with Crippen LogP contribution in [0.1, 0.15) is 37.2 Å². The lowest BCUT2D eigenvalue weighted by Crippen LogP contribution is -2.41. The maximum atomic E-state index is 11.7. The summed E-state index contributed by atoms with van der Waals surface area (Å²) in [5.74, 6) is -0.284. The first-order valence-electron chi connectivity index (χ1n) is 6.30. The fourth-order valence-corrected chi connectivity index (χ4v) is 2.88. The van der Waals surface area contributed by atoms with E-state index in [0.29, 0.717) is 0 Å². The number of nitrogens with two attached hydrogens (primary N) is 2. The molecule has 3 atom stereocenters. The molecular weight excluding hydrogens is 212 g/mol. The fourth-order valence-electron chi connectivity index (χ4n) is 2.88. The molecule has 0 heterocycles. The number of primary amides is 1. The summed E-state index contributed by atoms with van der Waals surface area (Å²) in [6.07, 6.45) is 4.32. The predicted octanol–water partition coefficient (Wildman–Crippen LogP) is 1.77. The van der Waals surface area contributed by atoms with Crippen LogP contribution < -0.4 is 11.5 Å². The highest BCUT2D eigenvalue weighted by molar-refractivity contribution is 5.82. The van der Waals surface area contributed by atoms with Crippen molar-refractivity contribution < 1.29 is 4.79 Å². The Bertz CT molecular complexity index is 377. The molecule has 4 N–H and O–H groups in total. The molecule has 17 heavy (non-hydrogen) atoms. The Kier molecular flexibility index (Phi) is 3.79. The van der Waals surface area contributed by atoms with Gasteiger partial charge >= 0.3 is 0 Å². The Morgan fingerprint density at radius 2 is 1.82 bits per heavy atom. The van der Waals surface area contributed by atoms with E-state index >= 15 is 0 Å². The third-order valence-corrected chi connectivity index (χ3v) is 3.77. The summed E-state index contributed by atoms with van der Waals surface area (Å²) in [4.78, 5) is 11.7. The normalized spacial score (nSPS) is 26.4. The topological polar surface area (TPSA) is 69.1 Å². The van der Waals surface area contributed by atoms with Gasteiger partial charge in [-0.1, -0.05) is 43.2 Å². The molecule has 2 rings (SSSR count). The van der Waals surface area contributed by atoms with E-state index in [-0.39, 0.29) is 23.8 Å². The monoisotopic (exact) mass is 232 g/mol. The van der Waals surface area contributed by atoms with E-state index in [1.54, 1.807) is 0 Å². The molecule has 0 aliphatic heterocycles. The number of carbonyl (C=O) groups excluding carboxylic acids is 1. The second-order valence-corrected chi connectivity index (χ2v) is 4.90. The first kappa shape index (κ1) is 12.1. The number of rotatable bonds is 3. The Hall–Kier alpha value is -1.35. The number of hydrogen-bond acceptors (Lipinski definition) is 2. The SMILES string of the molecule is NC(=O)C(c1ccccc1)C1CCCCC1N. The van der Waals surface area contributed by atoms with Gasteiger partial charge in [0.15, 0.2) is 0 Å². The van der Waals surface area contributed by atoms with Crippen LogP contribution >= 0.6 is 0 Å². The minimum Gasteiger partial charge on any atom is -0.369 e. The van der Waals surface area contributed by atoms with Gasteiger partial charge in [-0.15, -0.1) is 0 Å². The van der Waals surface area contributed by atoms with Crippen LogP contribution in [0.2, 0.25) is 0 Å². The van der Waals surface area contributed by atoms with Gasteiger partial charge in [-0.2, -0.15) is 0 Å². The molecule has 3 heteroatoms. The Morgan fingerprint density at radius 1 is 1.18 bits per heavy atom. The van der Waals surface area contributed by atoms with E-state index in [1.807, 2.05) is 30.3 Å². The van der Waals surface area contributed by atoms with Crippen molar-refractivity contribution in [3.63, 3.8) is 0 Å². The van der Waals surface area contributed by atoms with E-state index in [2.05, 4.69) is 0 Å². The zero-order chi connectivity index (χ0) is 12.3. The summed E-state index contributed by atoms with van der Waals surface area (Å²) in [5, 5.41) is 0. The van der Waals surface area contributed by atoms with Gasteiger partial charge in [0.05, 0.1) is 5.92 Å². The minimum absolute atomic E-state index is 0.0986. The maximum absolute atomic E-state index is 11.7. The van der Waals surface area contributed by atoms with E-state index in [1.165, 1.54) is 0 Å². The van der Waals surface area contributed by atoms with Crippen molar-refractivity contribution in [3.8, 4) is 0 Å². The van der Waals surface area contributed by atoms with Crippen LogP contribution in [0.5, 0.6) is 0 Å². The molecule has 1 amide bonds. The van der Waals surface area contributed by atoms with E-state index in [9.17, 15) is 4.79 Å². The lowest BCUT2D eigenvalue weighted by Gasteiger charge is -2.33. The number of benzene rings is 1. The average Bonchev–Trinajstić information content (AvgIpc) is 2.33. The van der Waals surface area contributed by atoms with Gasteiger partial charge in [-0.25, -0.2) is 0 Å². The minimum atomic E-state index is -0.251. The standard InChI is InChI=1S/C14H20N2O/c15-12-9-5-4-8-11(12)13(14(16)17)10-6-2-1-3-7-10/h1-3,6-7,11-13H,4-5,8-9,15H2,(H2,16,17). The highest BCUT2D eigenvalue weighted by atomic mass is 16.1. The lowest BCUT2D eigenvalue weighted by molar-refractivity contribution is -0.121. The molecular formula is C14H20N2O. The van der Waals surface area contributed by atoms with E-state index in [0.717, 1.165) is 31.2 Å². The van der Waals surface area contributed by atoms with Crippen molar-refractivity contribution in [2.75, 3.05) is 0 Å². The Labute approximate surface area is 102 Å². The first-order valence-corrected chi connectivity index (χ1v) is 6.30. The molecule has 1 aliphatic rings. The molecule has 1 aliphatic carbocycles. The largest absolute Gasteiger partial charge is 0.369 e. The highest BCUT2D eigenvalue weighted by Crippen LogP contribution is 2.35. The Morgan fingerprint density at radius 3 is 2.41 bits per heavy atom. The summed E-state index contributed by atoms with van der Waals surface area (Å²) in [6.45, 7) is 0. The number of amides is 1. The van der Waals surface area contributed by atoms with Crippen LogP contribution in [-0.4, -0.2) is 11.9 Å². The molecule has 1 fully saturated rings. The predicted molar refractivity (Wildman–Crippen MR) is 68.3 cm³/mol. The molecule has 1 saturated carbocycles. The van der Waals surface area contributed by atoms with Crippen molar-refractivity contribution in [2.45, 2.75) is 37.6 Å². The van der Waals surface area contributed by atoms with Crippen LogP contribution in [0.4, 0.5) is 0 Å². The molecule has 1 aromatic rings. The van der Waals surface area contributed by atoms with Crippen LogP contribution in [0.3, 0.4) is 0 Å². The average molecular weight is 232 g/mol. The van der Waals surface area contributed by atoms with Crippen molar-refractivity contribution >= 4 is 5.91 Å². The molecule has 92 valence electrons. The van der Waals surface area contributed by atoms with Crippen molar-refractivity contribution in [1.82, 2.24) is 0 Å². The number of carbonyl (C=O) groups is 1. The molecule has 1 aromatic carbocycles. The Balaban J connectivity index is 2.26. The van der Waals surface area contributed by atoms with Crippen molar-refractivity contribution in [2.24, 2.45) is 17.4 Å². The fraction of sp³-hybridized carbons (Fsp3) is 0.500. The highest BCUT2D eigenvalue weighted by Gasteiger charge is 2.33. The van der Waals surface area contributed by atoms with Gasteiger partial charge in [0.2, 0.25) is 5.91 Å². The first-order chi connectivity index (χ1) is 8.20. The molecule has 0 spiro atoms. The maximum Gasteiger partial charge on any atom is 0.225 e. The van der Waals surface area contributed by atoms with Crippen molar-refractivity contribution in [1.29, 1.82) is 0 Å². The summed E-state index contributed by atoms with van der Waals surface area (Å²) >= 11 is 0. The molecule has 0 saturated heterocycles. The van der Waals surface area contributed by atoms with Gasteiger partial charge < -0.3 is 11.5 Å². The van der Waals surface area contributed by atoms with Gasteiger partial charge in [0.25, 0.3) is 0 Å². The lowest BCUT2D eigenvalue weighted by atomic mass is 9.74. The van der Waals surface area contributed by atoms with Gasteiger partial charge in [-0.05, 0) is 24.3 Å². The smallest absolute Gasteiger partial charge is 0.225 e. The summed E-state index contributed by atoms with van der Waals surface area (Å²) in [7, 11) is 0. The quantitative estimate of drug-likeness (QED) is 0.834. The van der Waals surface area contributed by atoms with Crippen LogP contribution in [0, 0.1) is 5.92 Å². The molecule has 0 bridgehead atoms. The third kappa shape index (κ3) is 2.67. The molecule has 3 nitrogen and oxygen atoms in total. The van der Waals surface area contributed by atoms with Gasteiger partial charge in [0.1, 0.15) is 0 Å². The molecule has 0 radical (unpaired) electrons. The second-order valence-electron chi connectivity index (χ2n) is 4.90. The van der Waals surface area contributed by atoms with E-state index < -0.39 is 0 Å². The number of hydrogen-bond donors (Lipinski definition) is 2. The zero-order valence-electron chi connectivity index (χ0n) is 10.0. The van der Waals surface area contributed by atoms with Crippen LogP contribution in [-0.2, 0) is 4.79 Å². The molecule has 3 unspecified atom stereocenters. The molecule has 0 aromatic heterocycles. The summed E-state index contributed by atoms with van der Waals surface area (Å²) < 4.78 is 0. The van der Waals surface area contributed by atoms with Gasteiger partial charge in [-0.3, -0.25) is 4.79 Å². The van der Waals surface area contributed by atoms with Crippen LogP contribution in [0.25, 0.3) is 0 Å². The second kappa shape index (κ2) is 5.32. The summed E-state index contributed by atoms with van der Waals surface area (Å²) in [6, 6.07) is 9.87. The van der Waals surface area contributed by atoms with Gasteiger partial charge in [0, 0.05) is 6.04 Å². The zero-order valence-corrected chi connectivity index (χ0v) is 10.0.